The first-order chi connectivity index (χ1) is 33.0. The van der Waals surface area contributed by atoms with Gasteiger partial charge in [-0.1, -0.05) is 246 Å². The second kappa shape index (κ2) is 54.9. The van der Waals surface area contributed by atoms with Crippen LogP contribution >= 0.6 is 0 Å². The smallest absolute Gasteiger partial charge is 0.310 e. The molecule has 0 fully saturated rings. The van der Waals surface area contributed by atoms with E-state index in [1.807, 2.05) is 6.08 Å². The zero-order valence-electron chi connectivity index (χ0n) is 43.6. The van der Waals surface area contributed by atoms with E-state index in [0.717, 1.165) is 96.3 Å². The molecule has 0 radical (unpaired) electrons. The standard InChI is InChI=1S/C61H102O6/c1-4-7-10-13-16-19-22-25-28-29-30-31-34-36-39-42-45-48-51-54-60(63)66-57-58(67-61(64)55-52-49-46-43-40-37-33-27-24-21-18-15-12-9-6-3)56-65-59(62)53-50-47-44-41-38-35-32-26-23-20-17-14-11-8-5-2/h9,12,16,18-19,21,25,27-28,30-31,33,40,43,49,52,58H,4-8,10-11,13-15,17,20,22-24,26,29,32,34-39,41-42,44-48,50-51,53-57H2,1-3H3/b12-9-,19-16-,21-18-,28-25-,31-30-,33-27-,43-40-,52-49-. The summed E-state index contributed by atoms with van der Waals surface area (Å²) in [6.07, 6.45) is 72.7. The van der Waals surface area contributed by atoms with Gasteiger partial charge in [-0.3, -0.25) is 14.4 Å². The van der Waals surface area contributed by atoms with Gasteiger partial charge in [0.05, 0.1) is 6.42 Å². The number of ether oxygens (including phenoxy) is 3. The van der Waals surface area contributed by atoms with Gasteiger partial charge in [0.25, 0.3) is 0 Å². The number of carbonyl (C=O) groups excluding carboxylic acids is 3. The zero-order chi connectivity index (χ0) is 48.6. The maximum atomic E-state index is 12.8. The highest BCUT2D eigenvalue weighted by molar-refractivity contribution is 5.72. The lowest BCUT2D eigenvalue weighted by atomic mass is 10.0. The maximum absolute atomic E-state index is 12.8. The molecule has 0 amide bonds. The largest absolute Gasteiger partial charge is 0.462 e. The lowest BCUT2D eigenvalue weighted by Crippen LogP contribution is -2.30. The molecule has 0 aliphatic rings. The molecule has 382 valence electrons. The summed E-state index contributed by atoms with van der Waals surface area (Å²) in [5.41, 5.74) is 0. The predicted molar refractivity (Wildman–Crippen MR) is 288 cm³/mol. The average Bonchev–Trinajstić information content (AvgIpc) is 3.33. The summed E-state index contributed by atoms with van der Waals surface area (Å²) in [4.78, 5) is 38.0. The number of unbranched alkanes of at least 4 members (excludes halogenated alkanes) is 23. The van der Waals surface area contributed by atoms with Crippen LogP contribution in [-0.2, 0) is 28.6 Å². The Labute approximate surface area is 413 Å². The molecule has 0 heterocycles. The van der Waals surface area contributed by atoms with Crippen LogP contribution in [0.2, 0.25) is 0 Å². The Morgan fingerprint density at radius 2 is 0.627 bits per heavy atom. The van der Waals surface area contributed by atoms with E-state index in [1.165, 1.54) is 116 Å². The van der Waals surface area contributed by atoms with E-state index in [1.54, 1.807) is 6.08 Å². The molecule has 0 bridgehead atoms. The third-order valence-corrected chi connectivity index (χ3v) is 11.6. The van der Waals surface area contributed by atoms with Crippen LogP contribution in [0.15, 0.2) is 97.2 Å². The van der Waals surface area contributed by atoms with Crippen molar-refractivity contribution in [3.8, 4) is 0 Å². The van der Waals surface area contributed by atoms with Crippen LogP contribution in [0.4, 0.5) is 0 Å². The molecule has 0 rings (SSSR count). The molecule has 0 spiro atoms. The number of hydrogen-bond acceptors (Lipinski definition) is 6. The second-order valence-corrected chi connectivity index (χ2v) is 18.1. The van der Waals surface area contributed by atoms with Crippen molar-refractivity contribution in [3.63, 3.8) is 0 Å². The Morgan fingerprint density at radius 3 is 1.01 bits per heavy atom. The monoisotopic (exact) mass is 931 g/mol. The van der Waals surface area contributed by atoms with Gasteiger partial charge >= 0.3 is 17.9 Å². The van der Waals surface area contributed by atoms with Crippen LogP contribution in [0, 0.1) is 0 Å². The molecule has 6 heteroatoms. The molecule has 0 N–H and O–H groups in total. The van der Waals surface area contributed by atoms with E-state index in [2.05, 4.69) is 106 Å². The molecule has 0 saturated heterocycles. The number of rotatable bonds is 49. The summed E-state index contributed by atoms with van der Waals surface area (Å²) in [6.45, 7) is 6.41. The molecule has 1 atom stereocenters. The van der Waals surface area contributed by atoms with E-state index < -0.39 is 12.1 Å². The highest BCUT2D eigenvalue weighted by atomic mass is 16.6. The van der Waals surface area contributed by atoms with E-state index in [-0.39, 0.29) is 31.6 Å². The van der Waals surface area contributed by atoms with Crippen LogP contribution in [0.1, 0.15) is 252 Å². The van der Waals surface area contributed by atoms with Gasteiger partial charge in [-0.05, 0) is 83.5 Å². The van der Waals surface area contributed by atoms with Crippen LogP contribution in [0.5, 0.6) is 0 Å². The van der Waals surface area contributed by atoms with Crippen molar-refractivity contribution in [3.05, 3.63) is 97.2 Å². The molecule has 0 aliphatic carbocycles. The molecule has 67 heavy (non-hydrogen) atoms. The van der Waals surface area contributed by atoms with Crippen molar-refractivity contribution in [2.45, 2.75) is 258 Å². The van der Waals surface area contributed by atoms with Gasteiger partial charge in [0.1, 0.15) is 13.2 Å². The fourth-order valence-electron chi connectivity index (χ4n) is 7.47. The summed E-state index contributed by atoms with van der Waals surface area (Å²) in [5.74, 6) is -1.06. The fraction of sp³-hybridized carbons (Fsp3) is 0.689. The van der Waals surface area contributed by atoms with E-state index in [4.69, 9.17) is 14.2 Å². The molecular weight excluding hydrogens is 829 g/mol. The fourth-order valence-corrected chi connectivity index (χ4v) is 7.47. The quantitative estimate of drug-likeness (QED) is 0.0262. The summed E-state index contributed by atoms with van der Waals surface area (Å²) in [7, 11) is 0. The predicted octanol–water partition coefficient (Wildman–Crippen LogP) is 18.5. The van der Waals surface area contributed by atoms with Crippen molar-refractivity contribution in [2.75, 3.05) is 13.2 Å². The first-order valence-corrected chi connectivity index (χ1v) is 27.7. The second-order valence-electron chi connectivity index (χ2n) is 18.1. The van der Waals surface area contributed by atoms with E-state index in [0.29, 0.717) is 12.8 Å². The highest BCUT2D eigenvalue weighted by Crippen LogP contribution is 2.15. The third-order valence-electron chi connectivity index (χ3n) is 11.6. The Morgan fingerprint density at radius 1 is 0.328 bits per heavy atom. The van der Waals surface area contributed by atoms with Gasteiger partial charge in [-0.25, -0.2) is 0 Å². The van der Waals surface area contributed by atoms with Crippen LogP contribution in [-0.4, -0.2) is 37.2 Å². The van der Waals surface area contributed by atoms with E-state index in [9.17, 15) is 14.4 Å². The Balaban J connectivity index is 4.50. The minimum Gasteiger partial charge on any atom is -0.462 e. The molecule has 0 aromatic heterocycles. The lowest BCUT2D eigenvalue weighted by Gasteiger charge is -2.18. The van der Waals surface area contributed by atoms with E-state index >= 15 is 0 Å². The first kappa shape index (κ1) is 63.3. The molecule has 1 unspecified atom stereocenters. The minimum atomic E-state index is -0.837. The first-order valence-electron chi connectivity index (χ1n) is 27.7. The highest BCUT2D eigenvalue weighted by Gasteiger charge is 2.19. The topological polar surface area (TPSA) is 78.9 Å². The Hall–Kier alpha value is -3.67. The molecule has 6 nitrogen and oxygen atoms in total. The molecular formula is C61H102O6. The molecule has 0 saturated carbocycles. The number of hydrogen-bond donors (Lipinski definition) is 0. The summed E-state index contributed by atoms with van der Waals surface area (Å²) < 4.78 is 16.7. The van der Waals surface area contributed by atoms with Gasteiger partial charge in [0.2, 0.25) is 0 Å². The zero-order valence-corrected chi connectivity index (χ0v) is 43.6. The Kier molecular flexibility index (Phi) is 51.9. The van der Waals surface area contributed by atoms with Crippen molar-refractivity contribution in [1.82, 2.24) is 0 Å². The molecule has 0 aromatic carbocycles. The maximum Gasteiger partial charge on any atom is 0.310 e. The van der Waals surface area contributed by atoms with Crippen LogP contribution in [0.25, 0.3) is 0 Å². The van der Waals surface area contributed by atoms with Crippen molar-refractivity contribution >= 4 is 17.9 Å². The van der Waals surface area contributed by atoms with Crippen LogP contribution in [0.3, 0.4) is 0 Å². The van der Waals surface area contributed by atoms with Crippen molar-refractivity contribution in [2.24, 2.45) is 0 Å². The molecule has 0 aromatic rings. The number of esters is 3. The van der Waals surface area contributed by atoms with Crippen molar-refractivity contribution < 1.29 is 28.6 Å². The number of carbonyl (C=O) groups is 3. The minimum absolute atomic E-state index is 0.0933. The third kappa shape index (κ3) is 53.2. The van der Waals surface area contributed by atoms with Gasteiger partial charge in [0, 0.05) is 12.8 Å². The lowest BCUT2D eigenvalue weighted by molar-refractivity contribution is -0.166. The summed E-state index contributed by atoms with van der Waals surface area (Å²) >= 11 is 0. The van der Waals surface area contributed by atoms with Gasteiger partial charge < -0.3 is 14.2 Å². The van der Waals surface area contributed by atoms with Gasteiger partial charge in [-0.15, -0.1) is 0 Å². The summed E-state index contributed by atoms with van der Waals surface area (Å²) in [5, 5.41) is 0. The van der Waals surface area contributed by atoms with Crippen molar-refractivity contribution in [1.29, 1.82) is 0 Å². The molecule has 0 aliphatic heterocycles. The summed E-state index contributed by atoms with van der Waals surface area (Å²) in [6, 6.07) is 0. The van der Waals surface area contributed by atoms with Gasteiger partial charge in [-0.2, -0.15) is 0 Å². The number of allylic oxidation sites excluding steroid dienone is 15. The SMILES string of the molecule is CC/C=C\C/C=C\C/C=C\C/C=C\C/C=C\CC(=O)OC(COC(=O)CCCCCCCC/C=C\C/C=C\C/C=C\CCCCC)COC(=O)CCCCCCCCCCCCCCCCC. The normalized spacial score (nSPS) is 12.8. The Bertz CT molecular complexity index is 1350. The van der Waals surface area contributed by atoms with Gasteiger partial charge in [0.15, 0.2) is 6.10 Å². The van der Waals surface area contributed by atoms with Crippen LogP contribution < -0.4 is 0 Å². The average molecular weight is 931 g/mol.